The van der Waals surface area contributed by atoms with E-state index in [1.807, 2.05) is 6.92 Å². The number of hydrogen-bond acceptors (Lipinski definition) is 6. The van der Waals surface area contributed by atoms with E-state index in [1.54, 1.807) is 0 Å². The maximum atomic E-state index is 11.3. The van der Waals surface area contributed by atoms with Crippen molar-refractivity contribution < 1.29 is 8.42 Å². The van der Waals surface area contributed by atoms with Crippen molar-refractivity contribution in [1.29, 1.82) is 0 Å². The molecule has 0 radical (unpaired) electrons. The highest BCUT2D eigenvalue weighted by Gasteiger charge is 2.23. The van der Waals surface area contributed by atoms with Gasteiger partial charge in [-0.1, -0.05) is 6.92 Å². The summed E-state index contributed by atoms with van der Waals surface area (Å²) in [6, 6.07) is 0. The number of aromatic amines is 1. The zero-order valence-corrected chi connectivity index (χ0v) is 10.4. The normalized spacial score (nSPS) is 11.9. The van der Waals surface area contributed by atoms with Crippen molar-refractivity contribution in [1.82, 2.24) is 30.2 Å². The average molecular weight is 277 g/mol. The molecule has 2 aromatic rings. The fraction of sp³-hybridized carbons (Fsp3) is 0.429. The molecule has 0 fully saturated rings. The lowest BCUT2D eigenvalue weighted by Crippen LogP contribution is -2.07. The first kappa shape index (κ1) is 12.0. The van der Waals surface area contributed by atoms with Crippen molar-refractivity contribution in [2.75, 3.05) is 0 Å². The van der Waals surface area contributed by atoms with Gasteiger partial charge in [-0.25, -0.2) is 8.42 Å². The summed E-state index contributed by atoms with van der Waals surface area (Å²) >= 11 is 0. The highest BCUT2D eigenvalue weighted by Crippen LogP contribution is 2.20. The molecule has 2 aromatic heterocycles. The van der Waals surface area contributed by atoms with Crippen molar-refractivity contribution in [3.8, 4) is 11.5 Å². The number of H-pyrrole nitrogens is 1. The molecule has 0 amide bonds. The molecule has 0 saturated heterocycles. The lowest BCUT2D eigenvalue weighted by atomic mass is 10.4. The zero-order chi connectivity index (χ0) is 12.5. The first-order valence-corrected chi connectivity index (χ1v) is 7.09. The Morgan fingerprint density at radius 2 is 2.24 bits per heavy atom. The molecule has 17 heavy (non-hydrogen) atoms. The van der Waals surface area contributed by atoms with Gasteiger partial charge in [-0.2, -0.15) is 15.4 Å². The minimum atomic E-state index is -3.92. The third-order valence-corrected chi connectivity index (χ3v) is 3.18. The van der Waals surface area contributed by atoms with E-state index in [9.17, 15) is 8.42 Å². The summed E-state index contributed by atoms with van der Waals surface area (Å²) in [6.07, 6.45) is 2.14. The van der Waals surface area contributed by atoms with Crippen LogP contribution in [0.1, 0.15) is 13.3 Å². The molecule has 0 bridgehead atoms. The van der Waals surface area contributed by atoms with Crippen LogP contribution < -0.4 is 0 Å². The van der Waals surface area contributed by atoms with Crippen molar-refractivity contribution in [3.63, 3.8) is 0 Å². The van der Waals surface area contributed by atoms with Gasteiger partial charge < -0.3 is 0 Å². The summed E-state index contributed by atoms with van der Waals surface area (Å²) in [6.45, 7) is 2.33. The van der Waals surface area contributed by atoms with Gasteiger partial charge in [0.2, 0.25) is 0 Å². The third-order valence-electron chi connectivity index (χ3n) is 2.03. The molecule has 0 saturated carbocycles. The van der Waals surface area contributed by atoms with E-state index in [-0.39, 0.29) is 5.16 Å². The van der Waals surface area contributed by atoms with Crippen LogP contribution in [0, 0.1) is 0 Å². The van der Waals surface area contributed by atoms with Crippen LogP contribution in [0.2, 0.25) is 0 Å². The largest absolute Gasteiger partial charge is 0.296 e. The van der Waals surface area contributed by atoms with Gasteiger partial charge in [0.05, 0.1) is 6.20 Å². The third kappa shape index (κ3) is 2.29. The molecule has 0 atom stereocenters. The molecule has 0 aliphatic carbocycles. The Bertz CT molecular complexity index is 604. The molecular formula is C7H9ClN6O2S. The number of nitrogens with one attached hydrogen (secondary N) is 1. The Labute approximate surface area is 101 Å². The SMILES string of the molecule is CCCn1c(-c2cn[nH]n2)nnc1S(=O)(=O)Cl. The number of hydrogen-bond donors (Lipinski definition) is 1. The Morgan fingerprint density at radius 3 is 2.76 bits per heavy atom. The predicted molar refractivity (Wildman–Crippen MR) is 58.7 cm³/mol. The first-order valence-electron chi connectivity index (χ1n) is 4.78. The zero-order valence-electron chi connectivity index (χ0n) is 8.83. The smallest absolute Gasteiger partial charge is 0.295 e. The molecule has 0 spiro atoms. The quantitative estimate of drug-likeness (QED) is 0.810. The van der Waals surface area contributed by atoms with Gasteiger partial charge in [0.25, 0.3) is 14.2 Å². The van der Waals surface area contributed by atoms with Crippen LogP contribution >= 0.6 is 10.7 Å². The van der Waals surface area contributed by atoms with Crippen molar-refractivity contribution in [2.24, 2.45) is 0 Å². The minimum Gasteiger partial charge on any atom is -0.295 e. The topological polar surface area (TPSA) is 106 Å². The molecule has 10 heteroatoms. The van der Waals surface area contributed by atoms with E-state index in [0.29, 0.717) is 24.5 Å². The molecule has 0 unspecified atom stereocenters. The fourth-order valence-electron chi connectivity index (χ4n) is 1.39. The Morgan fingerprint density at radius 1 is 1.47 bits per heavy atom. The van der Waals surface area contributed by atoms with Crippen LogP contribution in [0.4, 0.5) is 0 Å². The van der Waals surface area contributed by atoms with Gasteiger partial charge in [-0.05, 0) is 6.42 Å². The molecule has 0 aliphatic rings. The molecule has 8 nitrogen and oxygen atoms in total. The summed E-state index contributed by atoms with van der Waals surface area (Å²) in [7, 11) is 1.36. The van der Waals surface area contributed by atoms with Crippen LogP contribution in [-0.2, 0) is 15.6 Å². The number of nitrogens with zero attached hydrogens (tertiary/aromatic N) is 5. The second-order valence-corrected chi connectivity index (χ2v) is 5.71. The summed E-state index contributed by atoms with van der Waals surface area (Å²) in [5.74, 6) is 0.319. The first-order chi connectivity index (χ1) is 8.04. The second-order valence-electron chi connectivity index (χ2n) is 3.25. The molecule has 0 aromatic carbocycles. The standard InChI is InChI=1S/C7H9ClN6O2S/c1-2-3-14-6(5-4-9-13-10-5)11-12-7(14)17(8,15)16/h4H,2-3H2,1H3,(H,9,10,13). The number of rotatable bonds is 4. The van der Waals surface area contributed by atoms with E-state index < -0.39 is 9.05 Å². The lowest BCUT2D eigenvalue weighted by molar-refractivity contribution is 0.569. The fourth-order valence-corrected chi connectivity index (χ4v) is 2.31. The lowest BCUT2D eigenvalue weighted by Gasteiger charge is -2.04. The summed E-state index contributed by atoms with van der Waals surface area (Å²) in [5.41, 5.74) is 0.414. The van der Waals surface area contributed by atoms with Gasteiger partial charge in [-0.3, -0.25) is 4.57 Å². The Hall–Kier alpha value is -1.48. The van der Waals surface area contributed by atoms with E-state index in [4.69, 9.17) is 10.7 Å². The predicted octanol–water partition coefficient (Wildman–Crippen LogP) is 0.401. The van der Waals surface area contributed by atoms with Crippen molar-refractivity contribution in [3.05, 3.63) is 6.20 Å². The Balaban J connectivity index is 2.59. The van der Waals surface area contributed by atoms with Gasteiger partial charge in [-0.15, -0.1) is 10.2 Å². The highest BCUT2D eigenvalue weighted by atomic mass is 35.7. The average Bonchev–Trinajstić information content (AvgIpc) is 2.82. The van der Waals surface area contributed by atoms with E-state index in [1.165, 1.54) is 10.8 Å². The van der Waals surface area contributed by atoms with Gasteiger partial charge in [0.1, 0.15) is 5.69 Å². The van der Waals surface area contributed by atoms with Crippen LogP contribution in [-0.4, -0.2) is 38.6 Å². The van der Waals surface area contributed by atoms with Crippen LogP contribution in [0.5, 0.6) is 0 Å². The molecule has 0 aliphatic heterocycles. The monoisotopic (exact) mass is 276 g/mol. The van der Waals surface area contributed by atoms with E-state index in [2.05, 4.69) is 25.6 Å². The molecular weight excluding hydrogens is 268 g/mol. The van der Waals surface area contributed by atoms with Crippen LogP contribution in [0.25, 0.3) is 11.5 Å². The van der Waals surface area contributed by atoms with Crippen LogP contribution in [0.3, 0.4) is 0 Å². The van der Waals surface area contributed by atoms with Crippen molar-refractivity contribution in [2.45, 2.75) is 25.0 Å². The van der Waals surface area contributed by atoms with Gasteiger partial charge >= 0.3 is 0 Å². The molecule has 2 heterocycles. The highest BCUT2D eigenvalue weighted by molar-refractivity contribution is 8.13. The summed E-state index contributed by atoms with van der Waals surface area (Å²) in [5, 5.41) is 16.9. The number of halogens is 1. The molecule has 2 rings (SSSR count). The maximum Gasteiger partial charge on any atom is 0.296 e. The summed E-state index contributed by atoms with van der Waals surface area (Å²) in [4.78, 5) is 0. The number of aromatic nitrogens is 6. The van der Waals surface area contributed by atoms with E-state index in [0.717, 1.165) is 0 Å². The van der Waals surface area contributed by atoms with Gasteiger partial charge in [0, 0.05) is 17.2 Å². The van der Waals surface area contributed by atoms with E-state index >= 15 is 0 Å². The van der Waals surface area contributed by atoms with Crippen LogP contribution in [0.15, 0.2) is 11.4 Å². The summed E-state index contributed by atoms with van der Waals surface area (Å²) < 4.78 is 24.0. The Kier molecular flexibility index (Phi) is 3.11. The molecule has 92 valence electrons. The second kappa shape index (κ2) is 4.41. The molecule has 1 N–H and O–H groups in total. The minimum absolute atomic E-state index is 0.279. The van der Waals surface area contributed by atoms with Crippen molar-refractivity contribution >= 4 is 19.7 Å². The van der Waals surface area contributed by atoms with Gasteiger partial charge in [0.15, 0.2) is 5.82 Å². The maximum absolute atomic E-state index is 11.3.